The summed E-state index contributed by atoms with van der Waals surface area (Å²) < 4.78 is 11.2. The summed E-state index contributed by atoms with van der Waals surface area (Å²) in [4.78, 5) is 81.5. The fourth-order valence-corrected chi connectivity index (χ4v) is 5.59. The molecule has 2 aliphatic rings. The highest BCUT2D eigenvalue weighted by atomic mass is 16.6. The molecule has 0 unspecified atom stereocenters. The van der Waals surface area contributed by atoms with Crippen LogP contribution in [0.5, 0.6) is 11.5 Å². The van der Waals surface area contributed by atoms with Gasteiger partial charge >= 0.3 is 0 Å². The zero-order valence-electron chi connectivity index (χ0n) is 28.6. The number of fused-ring (bicyclic) bond motifs is 1. The molecule has 14 heteroatoms. The highest BCUT2D eigenvalue weighted by Gasteiger charge is 2.33. The van der Waals surface area contributed by atoms with E-state index < -0.39 is 59.6 Å². The van der Waals surface area contributed by atoms with Gasteiger partial charge in [-0.2, -0.15) is 0 Å². The SMILES string of the molecule is Cc1cc2c(cc1C(=O)N[C@H]1CCCNC(=O)CN(C)C(=O)[C@H](Cc3ccccc3)NC(=O)[C@@H](C)NC(=O)[C@@H](C(C)C)NC1=O)OCCO2. The van der Waals surface area contributed by atoms with Gasteiger partial charge in [-0.15, -0.1) is 0 Å². The Morgan fingerprint density at radius 3 is 2.29 bits per heavy atom. The molecule has 0 saturated carbocycles. The van der Waals surface area contributed by atoms with Crippen molar-refractivity contribution >= 4 is 35.4 Å². The van der Waals surface area contributed by atoms with Crippen LogP contribution in [0.15, 0.2) is 42.5 Å². The van der Waals surface area contributed by atoms with E-state index in [9.17, 15) is 28.8 Å². The Bertz CT molecular complexity index is 1550. The number of benzene rings is 2. The van der Waals surface area contributed by atoms with Crippen molar-refractivity contribution in [3.63, 3.8) is 0 Å². The second kappa shape index (κ2) is 16.8. The first-order valence-electron chi connectivity index (χ1n) is 16.5. The van der Waals surface area contributed by atoms with Crippen molar-refractivity contribution in [2.45, 2.75) is 71.1 Å². The molecule has 1 saturated heterocycles. The summed E-state index contributed by atoms with van der Waals surface area (Å²) in [6.07, 6.45) is 0.590. The molecular formula is C35H46N6O8. The maximum absolute atomic E-state index is 13.7. The molecule has 14 nitrogen and oxygen atoms in total. The molecule has 4 atom stereocenters. The molecule has 0 aliphatic carbocycles. The van der Waals surface area contributed by atoms with E-state index in [0.29, 0.717) is 42.3 Å². The molecule has 2 aromatic rings. The van der Waals surface area contributed by atoms with E-state index in [1.165, 1.54) is 18.9 Å². The molecule has 6 amide bonds. The quantitative estimate of drug-likeness (QED) is 0.305. The molecule has 0 radical (unpaired) electrons. The van der Waals surface area contributed by atoms with E-state index in [-0.39, 0.29) is 31.8 Å². The Kier molecular flexibility index (Phi) is 12.6. The van der Waals surface area contributed by atoms with E-state index in [1.807, 2.05) is 30.3 Å². The van der Waals surface area contributed by atoms with Gasteiger partial charge in [-0.05, 0) is 55.9 Å². The lowest BCUT2D eigenvalue weighted by atomic mass is 10.0. The summed E-state index contributed by atoms with van der Waals surface area (Å²) in [5.74, 6) is -2.69. The predicted molar refractivity (Wildman–Crippen MR) is 180 cm³/mol. The number of nitrogens with one attached hydrogen (secondary N) is 5. The molecule has 2 aliphatic heterocycles. The molecule has 2 aromatic carbocycles. The van der Waals surface area contributed by atoms with E-state index >= 15 is 0 Å². The lowest BCUT2D eigenvalue weighted by molar-refractivity contribution is -0.139. The average Bonchev–Trinajstić information content (AvgIpc) is 3.07. The second-order valence-corrected chi connectivity index (χ2v) is 12.7. The number of carbonyl (C=O) groups excluding carboxylic acids is 6. The zero-order valence-corrected chi connectivity index (χ0v) is 28.6. The van der Waals surface area contributed by atoms with Gasteiger partial charge in [0.05, 0.1) is 6.54 Å². The van der Waals surface area contributed by atoms with Crippen LogP contribution >= 0.6 is 0 Å². The minimum Gasteiger partial charge on any atom is -0.486 e. The molecule has 0 bridgehead atoms. The van der Waals surface area contributed by atoms with Crippen LogP contribution in [-0.4, -0.2) is 97.9 Å². The molecule has 5 N–H and O–H groups in total. The molecule has 49 heavy (non-hydrogen) atoms. The highest BCUT2D eigenvalue weighted by molar-refractivity contribution is 6.00. The predicted octanol–water partition coefficient (Wildman–Crippen LogP) is 0.606. The van der Waals surface area contributed by atoms with E-state index in [4.69, 9.17) is 9.47 Å². The van der Waals surface area contributed by atoms with Gasteiger partial charge in [0.15, 0.2) is 11.5 Å². The first kappa shape index (κ1) is 36.7. The van der Waals surface area contributed by atoms with Gasteiger partial charge in [0.25, 0.3) is 5.91 Å². The number of carbonyl (C=O) groups is 6. The Balaban J connectivity index is 1.56. The molecular weight excluding hydrogens is 632 g/mol. The molecule has 0 aromatic heterocycles. The number of ether oxygens (including phenoxy) is 2. The number of amides is 6. The molecule has 4 rings (SSSR count). The van der Waals surface area contributed by atoms with Gasteiger partial charge in [-0.25, -0.2) is 0 Å². The highest BCUT2D eigenvalue weighted by Crippen LogP contribution is 2.33. The lowest BCUT2D eigenvalue weighted by Crippen LogP contribution is -2.59. The number of likely N-dealkylation sites (N-methyl/N-ethyl adjacent to an activating group) is 1. The summed E-state index contributed by atoms with van der Waals surface area (Å²) in [5.41, 5.74) is 1.71. The van der Waals surface area contributed by atoms with Crippen LogP contribution in [0, 0.1) is 12.8 Å². The average molecular weight is 679 g/mol. The summed E-state index contributed by atoms with van der Waals surface area (Å²) in [5, 5.41) is 13.7. The summed E-state index contributed by atoms with van der Waals surface area (Å²) in [6.45, 7) is 7.32. The van der Waals surface area contributed by atoms with E-state index in [0.717, 1.165) is 5.56 Å². The monoisotopic (exact) mass is 678 g/mol. The Morgan fingerprint density at radius 1 is 0.939 bits per heavy atom. The van der Waals surface area contributed by atoms with Crippen LogP contribution in [0.25, 0.3) is 0 Å². The third kappa shape index (κ3) is 9.94. The Hall–Kier alpha value is -5.14. The summed E-state index contributed by atoms with van der Waals surface area (Å²) in [7, 11) is 1.47. The van der Waals surface area contributed by atoms with Gasteiger partial charge < -0.3 is 41.0 Å². The first-order chi connectivity index (χ1) is 23.3. The van der Waals surface area contributed by atoms with Crippen LogP contribution < -0.4 is 36.1 Å². The van der Waals surface area contributed by atoms with Gasteiger partial charge in [0, 0.05) is 25.6 Å². The number of hydrogen-bond donors (Lipinski definition) is 5. The largest absolute Gasteiger partial charge is 0.486 e. The molecule has 264 valence electrons. The van der Waals surface area contributed by atoms with E-state index in [1.54, 1.807) is 32.9 Å². The number of nitrogens with zero attached hydrogens (tertiary/aromatic N) is 1. The maximum Gasteiger partial charge on any atom is 0.252 e. The second-order valence-electron chi connectivity index (χ2n) is 12.7. The first-order valence-corrected chi connectivity index (χ1v) is 16.5. The smallest absolute Gasteiger partial charge is 0.252 e. The van der Waals surface area contributed by atoms with Gasteiger partial charge in [0.2, 0.25) is 29.5 Å². The van der Waals surface area contributed by atoms with Crippen molar-refractivity contribution in [1.29, 1.82) is 0 Å². The van der Waals surface area contributed by atoms with Crippen molar-refractivity contribution in [2.24, 2.45) is 5.92 Å². The van der Waals surface area contributed by atoms with Crippen LogP contribution in [0.1, 0.15) is 55.1 Å². The third-order valence-corrected chi connectivity index (χ3v) is 8.40. The third-order valence-electron chi connectivity index (χ3n) is 8.40. The lowest BCUT2D eigenvalue weighted by Gasteiger charge is -2.28. The minimum atomic E-state index is -1.08. The van der Waals surface area contributed by atoms with Crippen LogP contribution in [0.4, 0.5) is 0 Å². The summed E-state index contributed by atoms with van der Waals surface area (Å²) in [6, 6.07) is 8.19. The summed E-state index contributed by atoms with van der Waals surface area (Å²) >= 11 is 0. The van der Waals surface area contributed by atoms with Gasteiger partial charge in [0.1, 0.15) is 37.4 Å². The zero-order chi connectivity index (χ0) is 35.7. The fourth-order valence-electron chi connectivity index (χ4n) is 5.59. The fraction of sp³-hybridized carbons (Fsp3) is 0.486. The Labute approximate surface area is 286 Å². The van der Waals surface area contributed by atoms with E-state index in [2.05, 4.69) is 26.6 Å². The minimum absolute atomic E-state index is 0.126. The van der Waals surface area contributed by atoms with Crippen LogP contribution in [0.3, 0.4) is 0 Å². The number of aryl methyl sites for hydroxylation is 1. The number of rotatable bonds is 5. The molecule has 1 fully saturated rings. The topological polar surface area (TPSA) is 184 Å². The molecule has 2 heterocycles. The van der Waals surface area contributed by atoms with Crippen molar-refractivity contribution in [1.82, 2.24) is 31.5 Å². The van der Waals surface area contributed by atoms with Crippen molar-refractivity contribution in [3.05, 3.63) is 59.2 Å². The van der Waals surface area contributed by atoms with Crippen molar-refractivity contribution in [3.8, 4) is 11.5 Å². The van der Waals surface area contributed by atoms with Crippen LogP contribution in [-0.2, 0) is 30.4 Å². The normalized spacial score (nSPS) is 23.0. The number of hydrogen-bond acceptors (Lipinski definition) is 8. The van der Waals surface area contributed by atoms with Gasteiger partial charge in [-0.1, -0.05) is 44.2 Å². The van der Waals surface area contributed by atoms with Crippen molar-refractivity contribution in [2.75, 3.05) is 33.4 Å². The standard InChI is InChI=1S/C35H46N6O8/c1-20(2)30-34(46)37-22(4)31(43)39-26(17-23-10-7-6-8-11-23)35(47)41(5)19-29(42)36-13-9-12-25(33(45)40-30)38-32(44)24-18-28-27(16-21(24)3)48-14-15-49-28/h6-8,10-11,16,18,20,22,25-26,30H,9,12-15,17,19H2,1-5H3,(H,36,42)(H,37,46)(H,38,44)(H,39,43)(H,40,45)/t22-,25+,26+,30-/m1/s1. The Morgan fingerprint density at radius 2 is 1.61 bits per heavy atom. The maximum atomic E-state index is 13.7. The molecule has 0 spiro atoms. The van der Waals surface area contributed by atoms with Gasteiger partial charge in [-0.3, -0.25) is 28.8 Å². The van der Waals surface area contributed by atoms with Crippen LogP contribution in [0.2, 0.25) is 0 Å². The van der Waals surface area contributed by atoms with Crippen molar-refractivity contribution < 1.29 is 38.2 Å².